The molecule has 0 saturated carbocycles. The number of hydrogen-bond acceptors (Lipinski definition) is 2. The van der Waals surface area contributed by atoms with E-state index < -0.39 is 0 Å². The van der Waals surface area contributed by atoms with Crippen molar-refractivity contribution in [2.75, 3.05) is 6.54 Å². The van der Waals surface area contributed by atoms with Gasteiger partial charge in [-0.15, -0.1) is 0 Å². The predicted octanol–water partition coefficient (Wildman–Crippen LogP) is 4.55. The second-order valence-electron chi connectivity index (χ2n) is 5.48. The lowest BCUT2D eigenvalue weighted by molar-refractivity contribution is 0.298. The highest BCUT2D eigenvalue weighted by Gasteiger charge is 2.11. The number of ether oxygens (including phenoxy) is 1. The average Bonchev–Trinajstić information content (AvgIpc) is 2.47. The molecule has 0 radical (unpaired) electrons. The van der Waals surface area contributed by atoms with Crippen molar-refractivity contribution in [1.82, 2.24) is 5.32 Å². The lowest BCUT2D eigenvalue weighted by Crippen LogP contribution is -2.18. The molecule has 2 aromatic rings. The van der Waals surface area contributed by atoms with Crippen LogP contribution in [0.3, 0.4) is 0 Å². The Kier molecular flexibility index (Phi) is 5.40. The molecule has 0 heterocycles. The van der Waals surface area contributed by atoms with Crippen LogP contribution in [0.5, 0.6) is 5.75 Å². The quantitative estimate of drug-likeness (QED) is 0.839. The Labute approximate surface area is 128 Å². The second kappa shape index (κ2) is 7.28. The van der Waals surface area contributed by atoms with Gasteiger partial charge in [-0.1, -0.05) is 43.3 Å². The molecule has 112 valence electrons. The van der Waals surface area contributed by atoms with Crippen LogP contribution < -0.4 is 10.1 Å². The first-order chi connectivity index (χ1) is 10.1. The zero-order chi connectivity index (χ0) is 15.2. The summed E-state index contributed by atoms with van der Waals surface area (Å²) in [5, 5.41) is 3.44. The van der Waals surface area contributed by atoms with Crippen molar-refractivity contribution >= 4 is 0 Å². The van der Waals surface area contributed by atoms with Gasteiger partial charge in [0.1, 0.15) is 12.4 Å². The third kappa shape index (κ3) is 3.85. The van der Waals surface area contributed by atoms with Crippen molar-refractivity contribution in [2.24, 2.45) is 0 Å². The molecule has 2 rings (SSSR count). The topological polar surface area (TPSA) is 21.3 Å². The average molecular weight is 283 g/mol. The fourth-order valence-corrected chi connectivity index (χ4v) is 2.61. The van der Waals surface area contributed by atoms with Gasteiger partial charge in [0.15, 0.2) is 0 Å². The number of para-hydroxylation sites is 1. The minimum Gasteiger partial charge on any atom is -0.489 e. The number of benzene rings is 2. The van der Waals surface area contributed by atoms with E-state index in [1.807, 2.05) is 6.07 Å². The lowest BCUT2D eigenvalue weighted by atomic mass is 10.0. The van der Waals surface area contributed by atoms with E-state index in [1.54, 1.807) is 0 Å². The van der Waals surface area contributed by atoms with Crippen molar-refractivity contribution in [3.8, 4) is 5.75 Å². The second-order valence-corrected chi connectivity index (χ2v) is 5.48. The van der Waals surface area contributed by atoms with Crippen molar-refractivity contribution < 1.29 is 4.74 Å². The Morgan fingerprint density at radius 3 is 2.33 bits per heavy atom. The van der Waals surface area contributed by atoms with E-state index in [1.165, 1.54) is 22.3 Å². The fraction of sp³-hybridized carbons (Fsp3) is 0.368. The maximum Gasteiger partial charge on any atom is 0.124 e. The van der Waals surface area contributed by atoms with Gasteiger partial charge in [-0.25, -0.2) is 0 Å². The number of nitrogens with one attached hydrogen (secondary N) is 1. The van der Waals surface area contributed by atoms with Crippen molar-refractivity contribution in [3.63, 3.8) is 0 Å². The first kappa shape index (κ1) is 15.6. The summed E-state index contributed by atoms with van der Waals surface area (Å²) in [6.07, 6.45) is 0. The highest BCUT2D eigenvalue weighted by Crippen LogP contribution is 2.26. The summed E-state index contributed by atoms with van der Waals surface area (Å²) in [5.41, 5.74) is 5.06. The minimum absolute atomic E-state index is 0.296. The van der Waals surface area contributed by atoms with Gasteiger partial charge in [-0.05, 0) is 50.1 Å². The molecule has 2 heteroatoms. The highest BCUT2D eigenvalue weighted by atomic mass is 16.5. The molecular formula is C19H25NO. The molecular weight excluding hydrogens is 258 g/mol. The third-order valence-corrected chi connectivity index (χ3v) is 3.91. The van der Waals surface area contributed by atoms with Gasteiger partial charge in [0.05, 0.1) is 0 Å². The summed E-state index contributed by atoms with van der Waals surface area (Å²) in [6.45, 7) is 10.1. The Balaban J connectivity index is 2.17. The summed E-state index contributed by atoms with van der Waals surface area (Å²) in [5.74, 6) is 0.966. The molecule has 0 aliphatic carbocycles. The van der Waals surface area contributed by atoms with Crippen LogP contribution in [0.2, 0.25) is 0 Å². The zero-order valence-corrected chi connectivity index (χ0v) is 13.4. The summed E-state index contributed by atoms with van der Waals surface area (Å²) in [6, 6.07) is 14.9. The molecule has 2 aromatic carbocycles. The molecule has 0 fully saturated rings. The molecule has 0 aliphatic rings. The van der Waals surface area contributed by atoms with E-state index >= 15 is 0 Å². The van der Waals surface area contributed by atoms with Crippen LogP contribution in [-0.2, 0) is 6.61 Å². The SMILES string of the molecule is CCNC(C)c1ccccc1OCc1c(C)cccc1C. The van der Waals surface area contributed by atoms with Crippen LogP contribution in [0.1, 0.15) is 42.1 Å². The number of hydrogen-bond donors (Lipinski definition) is 1. The first-order valence-corrected chi connectivity index (χ1v) is 7.63. The molecule has 1 N–H and O–H groups in total. The van der Waals surface area contributed by atoms with Crippen LogP contribution in [0.4, 0.5) is 0 Å². The van der Waals surface area contributed by atoms with Crippen LogP contribution >= 0.6 is 0 Å². The highest BCUT2D eigenvalue weighted by molar-refractivity contribution is 5.37. The number of rotatable bonds is 6. The normalized spacial score (nSPS) is 12.2. The first-order valence-electron chi connectivity index (χ1n) is 7.63. The molecule has 0 aliphatic heterocycles. The fourth-order valence-electron chi connectivity index (χ4n) is 2.61. The Bertz CT molecular complexity index is 572. The van der Waals surface area contributed by atoms with Crippen LogP contribution in [0, 0.1) is 13.8 Å². The summed E-state index contributed by atoms with van der Waals surface area (Å²) >= 11 is 0. The molecule has 1 unspecified atom stereocenters. The predicted molar refractivity (Wildman–Crippen MR) is 88.8 cm³/mol. The Morgan fingerprint density at radius 1 is 1.00 bits per heavy atom. The van der Waals surface area contributed by atoms with E-state index in [0.29, 0.717) is 12.6 Å². The van der Waals surface area contributed by atoms with Crippen molar-refractivity contribution in [2.45, 2.75) is 40.3 Å². The van der Waals surface area contributed by atoms with Crippen molar-refractivity contribution in [3.05, 3.63) is 64.7 Å². The van der Waals surface area contributed by atoms with Gasteiger partial charge < -0.3 is 10.1 Å². The van der Waals surface area contributed by atoms with Crippen molar-refractivity contribution in [1.29, 1.82) is 0 Å². The van der Waals surface area contributed by atoms with E-state index in [4.69, 9.17) is 4.74 Å². The molecule has 0 saturated heterocycles. The van der Waals surface area contributed by atoms with E-state index in [-0.39, 0.29) is 0 Å². The lowest BCUT2D eigenvalue weighted by Gasteiger charge is -2.18. The van der Waals surface area contributed by atoms with E-state index in [0.717, 1.165) is 12.3 Å². The van der Waals surface area contributed by atoms with Crippen LogP contribution in [0.25, 0.3) is 0 Å². The van der Waals surface area contributed by atoms with Gasteiger partial charge >= 0.3 is 0 Å². The van der Waals surface area contributed by atoms with E-state index in [2.05, 4.69) is 69.4 Å². The van der Waals surface area contributed by atoms with Gasteiger partial charge in [0.25, 0.3) is 0 Å². The Hall–Kier alpha value is -1.80. The molecule has 0 aromatic heterocycles. The summed E-state index contributed by atoms with van der Waals surface area (Å²) < 4.78 is 6.11. The van der Waals surface area contributed by atoms with Gasteiger partial charge in [0.2, 0.25) is 0 Å². The Morgan fingerprint density at radius 2 is 1.67 bits per heavy atom. The van der Waals surface area contributed by atoms with Crippen LogP contribution in [-0.4, -0.2) is 6.54 Å². The maximum atomic E-state index is 6.11. The van der Waals surface area contributed by atoms with Gasteiger partial charge in [-0.3, -0.25) is 0 Å². The third-order valence-electron chi connectivity index (χ3n) is 3.91. The van der Waals surface area contributed by atoms with E-state index in [9.17, 15) is 0 Å². The summed E-state index contributed by atoms with van der Waals surface area (Å²) in [4.78, 5) is 0. The monoisotopic (exact) mass is 283 g/mol. The number of aryl methyl sites for hydroxylation is 2. The molecule has 1 atom stereocenters. The van der Waals surface area contributed by atoms with Gasteiger partial charge in [-0.2, -0.15) is 0 Å². The largest absolute Gasteiger partial charge is 0.489 e. The minimum atomic E-state index is 0.296. The van der Waals surface area contributed by atoms with Crippen LogP contribution in [0.15, 0.2) is 42.5 Å². The smallest absolute Gasteiger partial charge is 0.124 e. The zero-order valence-electron chi connectivity index (χ0n) is 13.4. The summed E-state index contributed by atoms with van der Waals surface area (Å²) in [7, 11) is 0. The molecule has 0 spiro atoms. The molecule has 21 heavy (non-hydrogen) atoms. The molecule has 0 amide bonds. The van der Waals surface area contributed by atoms with Gasteiger partial charge in [0, 0.05) is 11.6 Å². The molecule has 0 bridgehead atoms. The standard InChI is InChI=1S/C19H25NO/c1-5-20-16(4)17-11-6-7-12-19(17)21-13-18-14(2)9-8-10-15(18)3/h6-12,16,20H,5,13H2,1-4H3. The maximum absolute atomic E-state index is 6.11. The molecule has 2 nitrogen and oxygen atoms in total.